The lowest BCUT2D eigenvalue weighted by Gasteiger charge is -2.17. The minimum absolute atomic E-state index is 0.761. The molecule has 0 radical (unpaired) electrons. The van der Waals surface area contributed by atoms with E-state index in [-0.39, 0.29) is 0 Å². The van der Waals surface area contributed by atoms with Crippen molar-refractivity contribution < 1.29 is 9.47 Å². The fourth-order valence-electron chi connectivity index (χ4n) is 1.81. The number of hydrogen-bond donors (Lipinski definition) is 1. The second-order valence-electron chi connectivity index (χ2n) is 4.06. The standard InChI is InChI=1S/C13H21NO2S/c1-10-12(15-3)6-5-11(13(10)16-4)7-8-14(2)9-17/h5-6,17H,7-9H2,1-4H3. The summed E-state index contributed by atoms with van der Waals surface area (Å²) < 4.78 is 10.8. The van der Waals surface area contributed by atoms with Crippen molar-refractivity contribution in [1.29, 1.82) is 0 Å². The van der Waals surface area contributed by atoms with Crippen LogP contribution in [0.4, 0.5) is 0 Å². The van der Waals surface area contributed by atoms with Crippen LogP contribution in [0.15, 0.2) is 12.1 Å². The third-order valence-electron chi connectivity index (χ3n) is 2.87. The average Bonchev–Trinajstić information content (AvgIpc) is 2.35. The maximum Gasteiger partial charge on any atom is 0.128 e. The summed E-state index contributed by atoms with van der Waals surface area (Å²) in [6, 6.07) is 4.06. The summed E-state index contributed by atoms with van der Waals surface area (Å²) in [5.41, 5.74) is 2.26. The number of methoxy groups -OCH3 is 2. The molecule has 1 aromatic carbocycles. The van der Waals surface area contributed by atoms with Gasteiger partial charge >= 0.3 is 0 Å². The fraction of sp³-hybridized carbons (Fsp3) is 0.538. The number of likely N-dealkylation sites (N-methyl/N-ethyl adjacent to an activating group) is 1. The van der Waals surface area contributed by atoms with Crippen LogP contribution in [0.2, 0.25) is 0 Å². The highest BCUT2D eigenvalue weighted by molar-refractivity contribution is 7.80. The first-order chi connectivity index (χ1) is 8.13. The molecule has 0 atom stereocenters. The van der Waals surface area contributed by atoms with Crippen LogP contribution in [0, 0.1) is 6.92 Å². The fourth-order valence-corrected chi connectivity index (χ4v) is 1.96. The first-order valence-electron chi connectivity index (χ1n) is 5.63. The predicted octanol–water partition coefficient (Wildman–Crippen LogP) is 2.37. The lowest BCUT2D eigenvalue weighted by atomic mass is 10.1. The van der Waals surface area contributed by atoms with Gasteiger partial charge in [0.1, 0.15) is 11.5 Å². The van der Waals surface area contributed by atoms with Crippen LogP contribution in [-0.4, -0.2) is 38.6 Å². The largest absolute Gasteiger partial charge is 0.496 e. The summed E-state index contributed by atoms with van der Waals surface area (Å²) in [6.45, 7) is 2.98. The molecule has 0 aromatic heterocycles. The summed E-state index contributed by atoms with van der Waals surface area (Å²) in [6.07, 6.45) is 0.949. The molecule has 96 valence electrons. The van der Waals surface area contributed by atoms with Gasteiger partial charge in [0.25, 0.3) is 0 Å². The van der Waals surface area contributed by atoms with Gasteiger partial charge in [-0.15, -0.1) is 0 Å². The molecule has 0 fully saturated rings. The van der Waals surface area contributed by atoms with Crippen LogP contribution in [0.1, 0.15) is 11.1 Å². The van der Waals surface area contributed by atoms with Crippen LogP contribution in [0.25, 0.3) is 0 Å². The van der Waals surface area contributed by atoms with E-state index in [0.29, 0.717) is 0 Å². The number of rotatable bonds is 6. The minimum Gasteiger partial charge on any atom is -0.496 e. The predicted molar refractivity (Wildman–Crippen MR) is 74.5 cm³/mol. The van der Waals surface area contributed by atoms with Gasteiger partial charge in [0.15, 0.2) is 0 Å². The Kier molecular flexibility index (Phi) is 5.65. The third kappa shape index (κ3) is 3.54. The zero-order chi connectivity index (χ0) is 12.8. The number of hydrogen-bond acceptors (Lipinski definition) is 4. The lowest BCUT2D eigenvalue weighted by molar-refractivity contribution is 0.374. The normalized spacial score (nSPS) is 10.7. The second-order valence-corrected chi connectivity index (χ2v) is 4.34. The molecule has 0 amide bonds. The van der Waals surface area contributed by atoms with E-state index in [9.17, 15) is 0 Å². The molecule has 0 saturated carbocycles. The first kappa shape index (κ1) is 14.2. The molecule has 0 bridgehead atoms. The Hall–Kier alpha value is -0.870. The van der Waals surface area contributed by atoms with E-state index in [2.05, 4.69) is 30.6 Å². The molecular formula is C13H21NO2S. The summed E-state index contributed by atoms with van der Waals surface area (Å²) in [5, 5.41) is 0. The zero-order valence-electron chi connectivity index (χ0n) is 11.0. The minimum atomic E-state index is 0.761. The molecule has 0 heterocycles. The molecule has 17 heavy (non-hydrogen) atoms. The topological polar surface area (TPSA) is 21.7 Å². The Balaban J connectivity index is 2.88. The molecule has 0 spiro atoms. The second kappa shape index (κ2) is 6.77. The van der Waals surface area contributed by atoms with Crippen molar-refractivity contribution in [3.63, 3.8) is 0 Å². The summed E-state index contributed by atoms with van der Waals surface area (Å²) >= 11 is 4.24. The van der Waals surface area contributed by atoms with E-state index in [1.807, 2.05) is 13.0 Å². The number of nitrogens with zero attached hydrogens (tertiary/aromatic N) is 1. The molecule has 0 N–H and O–H groups in total. The molecule has 0 saturated heterocycles. The van der Waals surface area contributed by atoms with Gasteiger partial charge in [-0.05, 0) is 32.0 Å². The maximum absolute atomic E-state index is 5.47. The van der Waals surface area contributed by atoms with Crippen molar-refractivity contribution in [2.45, 2.75) is 13.3 Å². The van der Waals surface area contributed by atoms with Crippen molar-refractivity contribution >= 4 is 12.6 Å². The van der Waals surface area contributed by atoms with Gasteiger partial charge in [-0.2, -0.15) is 12.6 Å². The van der Waals surface area contributed by atoms with E-state index < -0.39 is 0 Å². The van der Waals surface area contributed by atoms with Gasteiger partial charge in [0, 0.05) is 18.0 Å². The van der Waals surface area contributed by atoms with Crippen LogP contribution in [0.3, 0.4) is 0 Å². The summed E-state index contributed by atoms with van der Waals surface area (Å²) in [7, 11) is 5.43. The van der Waals surface area contributed by atoms with Crippen LogP contribution in [0.5, 0.6) is 11.5 Å². The van der Waals surface area contributed by atoms with Crippen molar-refractivity contribution in [3.8, 4) is 11.5 Å². The van der Waals surface area contributed by atoms with Crippen LogP contribution >= 0.6 is 12.6 Å². The van der Waals surface area contributed by atoms with E-state index in [1.165, 1.54) is 5.56 Å². The molecule has 4 heteroatoms. The lowest BCUT2D eigenvalue weighted by Crippen LogP contribution is -2.19. The molecule has 0 aliphatic heterocycles. The highest BCUT2D eigenvalue weighted by atomic mass is 32.1. The summed E-state index contributed by atoms with van der Waals surface area (Å²) in [4.78, 5) is 2.15. The van der Waals surface area contributed by atoms with Crippen molar-refractivity contribution in [1.82, 2.24) is 4.90 Å². The highest BCUT2D eigenvalue weighted by Crippen LogP contribution is 2.31. The SMILES string of the molecule is COc1ccc(CCN(C)CS)c(OC)c1C. The molecule has 1 aromatic rings. The van der Waals surface area contributed by atoms with Crippen molar-refractivity contribution in [2.24, 2.45) is 0 Å². The highest BCUT2D eigenvalue weighted by Gasteiger charge is 2.11. The monoisotopic (exact) mass is 255 g/mol. The van der Waals surface area contributed by atoms with E-state index in [0.717, 1.165) is 35.9 Å². The zero-order valence-corrected chi connectivity index (χ0v) is 11.9. The molecule has 0 aliphatic rings. The number of ether oxygens (including phenoxy) is 2. The average molecular weight is 255 g/mol. The quantitative estimate of drug-likeness (QED) is 0.623. The van der Waals surface area contributed by atoms with E-state index in [1.54, 1.807) is 14.2 Å². The molecule has 0 unspecified atom stereocenters. The molecular weight excluding hydrogens is 234 g/mol. The van der Waals surface area contributed by atoms with E-state index >= 15 is 0 Å². The Morgan fingerprint density at radius 2 is 1.94 bits per heavy atom. The summed E-state index contributed by atoms with van der Waals surface area (Å²) in [5.74, 6) is 2.56. The van der Waals surface area contributed by atoms with E-state index in [4.69, 9.17) is 9.47 Å². The molecule has 0 aliphatic carbocycles. The Morgan fingerprint density at radius 3 is 2.47 bits per heavy atom. The Morgan fingerprint density at radius 1 is 1.24 bits per heavy atom. The van der Waals surface area contributed by atoms with Gasteiger partial charge < -0.3 is 9.47 Å². The van der Waals surface area contributed by atoms with Gasteiger partial charge in [-0.3, -0.25) is 4.90 Å². The van der Waals surface area contributed by atoms with Crippen molar-refractivity contribution in [3.05, 3.63) is 23.3 Å². The van der Waals surface area contributed by atoms with Gasteiger partial charge in [-0.1, -0.05) is 6.07 Å². The van der Waals surface area contributed by atoms with Crippen LogP contribution < -0.4 is 9.47 Å². The van der Waals surface area contributed by atoms with Gasteiger partial charge in [0.05, 0.1) is 14.2 Å². The molecule has 1 rings (SSSR count). The Labute approximate surface area is 109 Å². The molecule has 3 nitrogen and oxygen atoms in total. The third-order valence-corrected chi connectivity index (χ3v) is 3.35. The van der Waals surface area contributed by atoms with Gasteiger partial charge in [0.2, 0.25) is 0 Å². The smallest absolute Gasteiger partial charge is 0.128 e. The van der Waals surface area contributed by atoms with Crippen molar-refractivity contribution in [2.75, 3.05) is 33.7 Å². The number of benzene rings is 1. The number of thiol groups is 1. The van der Waals surface area contributed by atoms with Gasteiger partial charge in [-0.25, -0.2) is 0 Å². The van der Waals surface area contributed by atoms with Crippen LogP contribution in [-0.2, 0) is 6.42 Å². The first-order valence-corrected chi connectivity index (χ1v) is 6.27. The maximum atomic E-state index is 5.47. The Bertz CT molecular complexity index is 369.